The van der Waals surface area contributed by atoms with Crippen molar-refractivity contribution in [2.45, 2.75) is 19.8 Å². The Bertz CT molecular complexity index is 299. The molecule has 0 unspecified atom stereocenters. The van der Waals surface area contributed by atoms with E-state index in [1.54, 1.807) is 12.1 Å². The van der Waals surface area contributed by atoms with Gasteiger partial charge in [0.2, 0.25) is 0 Å². The maximum Gasteiger partial charge on any atom is 0.119 e. The van der Waals surface area contributed by atoms with Crippen LogP contribution in [0.4, 0.5) is 0 Å². The molecule has 3 heteroatoms. The zero-order valence-electron chi connectivity index (χ0n) is 7.68. The van der Waals surface area contributed by atoms with E-state index in [1.807, 2.05) is 6.92 Å². The predicted molar refractivity (Wildman–Crippen MR) is 55.3 cm³/mol. The first-order chi connectivity index (χ1) is 6.19. The van der Waals surface area contributed by atoms with Gasteiger partial charge in [0.05, 0.1) is 0 Å². The van der Waals surface area contributed by atoms with Crippen LogP contribution in [-0.2, 0) is 12.8 Å². The fourth-order valence-electron chi connectivity index (χ4n) is 1.27. The summed E-state index contributed by atoms with van der Waals surface area (Å²) < 4.78 is 0. The van der Waals surface area contributed by atoms with Crippen molar-refractivity contribution in [3.63, 3.8) is 0 Å². The molecule has 1 aromatic rings. The summed E-state index contributed by atoms with van der Waals surface area (Å²) >= 11 is 5.99. The maximum atomic E-state index is 9.56. The highest BCUT2D eigenvalue weighted by molar-refractivity contribution is 6.31. The van der Waals surface area contributed by atoms with Gasteiger partial charge >= 0.3 is 0 Å². The number of aryl methyl sites for hydroxylation is 1. The van der Waals surface area contributed by atoms with Crippen LogP contribution in [0.15, 0.2) is 12.1 Å². The molecule has 0 heterocycles. The van der Waals surface area contributed by atoms with Gasteiger partial charge in [-0.2, -0.15) is 0 Å². The van der Waals surface area contributed by atoms with Gasteiger partial charge in [0.15, 0.2) is 0 Å². The smallest absolute Gasteiger partial charge is 0.119 e. The molecule has 13 heavy (non-hydrogen) atoms. The molecular weight excluding hydrogens is 186 g/mol. The molecule has 0 aliphatic rings. The topological polar surface area (TPSA) is 46.2 Å². The van der Waals surface area contributed by atoms with Crippen molar-refractivity contribution in [1.29, 1.82) is 0 Å². The minimum Gasteiger partial charge on any atom is -0.508 e. The third-order valence-electron chi connectivity index (χ3n) is 2.04. The second kappa shape index (κ2) is 4.49. The summed E-state index contributed by atoms with van der Waals surface area (Å²) in [6.45, 7) is 2.53. The molecule has 0 saturated carbocycles. The second-order valence-corrected chi connectivity index (χ2v) is 3.37. The van der Waals surface area contributed by atoms with E-state index in [4.69, 9.17) is 17.3 Å². The minimum absolute atomic E-state index is 0.298. The predicted octanol–water partition coefficient (Wildman–Crippen LogP) is 2.11. The van der Waals surface area contributed by atoms with Crippen molar-refractivity contribution in [2.75, 3.05) is 6.54 Å². The van der Waals surface area contributed by atoms with Crippen molar-refractivity contribution in [1.82, 2.24) is 0 Å². The number of benzene rings is 1. The molecule has 0 bridgehead atoms. The number of phenolic OH excluding ortho intramolecular Hbond substituents is 1. The number of nitrogens with two attached hydrogens (primary N) is 1. The van der Waals surface area contributed by atoms with E-state index in [0.717, 1.165) is 17.5 Å². The van der Waals surface area contributed by atoms with Crippen molar-refractivity contribution in [3.05, 3.63) is 28.3 Å². The molecule has 1 aromatic carbocycles. The van der Waals surface area contributed by atoms with Crippen molar-refractivity contribution in [2.24, 2.45) is 5.73 Å². The third kappa shape index (κ3) is 2.36. The molecule has 3 N–H and O–H groups in total. The summed E-state index contributed by atoms with van der Waals surface area (Å²) in [7, 11) is 0. The van der Waals surface area contributed by atoms with Crippen LogP contribution in [0, 0.1) is 0 Å². The number of hydrogen-bond donors (Lipinski definition) is 2. The van der Waals surface area contributed by atoms with Gasteiger partial charge in [-0.05, 0) is 42.6 Å². The van der Waals surface area contributed by atoms with Crippen LogP contribution in [0.2, 0.25) is 5.02 Å². The minimum atomic E-state index is 0.298. The molecule has 0 aliphatic carbocycles. The van der Waals surface area contributed by atoms with Crippen LogP contribution in [0.5, 0.6) is 5.75 Å². The molecule has 0 radical (unpaired) electrons. The number of phenols is 1. The lowest BCUT2D eigenvalue weighted by molar-refractivity contribution is 0.467. The highest BCUT2D eigenvalue weighted by atomic mass is 35.5. The molecule has 72 valence electrons. The van der Waals surface area contributed by atoms with Gasteiger partial charge < -0.3 is 10.8 Å². The molecule has 1 rings (SSSR count). The number of rotatable bonds is 3. The molecule has 2 nitrogen and oxygen atoms in total. The first kappa shape index (κ1) is 10.4. The quantitative estimate of drug-likeness (QED) is 0.784. The van der Waals surface area contributed by atoms with Gasteiger partial charge in [0.1, 0.15) is 5.75 Å². The Morgan fingerprint density at radius 3 is 2.62 bits per heavy atom. The molecule has 0 amide bonds. The number of hydrogen-bond acceptors (Lipinski definition) is 2. The van der Waals surface area contributed by atoms with E-state index < -0.39 is 0 Å². The van der Waals surface area contributed by atoms with Crippen LogP contribution >= 0.6 is 11.6 Å². The first-order valence-electron chi connectivity index (χ1n) is 4.39. The molecule has 0 saturated heterocycles. The summed E-state index contributed by atoms with van der Waals surface area (Å²) in [6, 6.07) is 3.51. The van der Waals surface area contributed by atoms with Crippen LogP contribution in [0.3, 0.4) is 0 Å². The van der Waals surface area contributed by atoms with E-state index in [0.29, 0.717) is 23.7 Å². The molecule has 0 atom stereocenters. The van der Waals surface area contributed by atoms with Crippen LogP contribution in [0.1, 0.15) is 18.1 Å². The fourth-order valence-corrected chi connectivity index (χ4v) is 1.59. The summed E-state index contributed by atoms with van der Waals surface area (Å²) in [5.41, 5.74) is 7.19. The van der Waals surface area contributed by atoms with Crippen LogP contribution < -0.4 is 5.73 Å². The van der Waals surface area contributed by atoms with Crippen LogP contribution in [0.25, 0.3) is 0 Å². The largest absolute Gasteiger partial charge is 0.508 e. The Morgan fingerprint density at radius 1 is 1.38 bits per heavy atom. The van der Waals surface area contributed by atoms with Gasteiger partial charge in [-0.15, -0.1) is 0 Å². The SMILES string of the molecule is CCc1cc(O)c(CCN)cc1Cl. The van der Waals surface area contributed by atoms with Crippen LogP contribution in [-0.4, -0.2) is 11.7 Å². The highest BCUT2D eigenvalue weighted by Gasteiger charge is 2.05. The van der Waals surface area contributed by atoms with E-state index in [-0.39, 0.29) is 0 Å². The summed E-state index contributed by atoms with van der Waals surface area (Å²) in [5.74, 6) is 0.298. The summed E-state index contributed by atoms with van der Waals surface area (Å²) in [4.78, 5) is 0. The molecular formula is C10H14ClNO. The average Bonchev–Trinajstić information content (AvgIpc) is 2.11. The van der Waals surface area contributed by atoms with Crippen molar-refractivity contribution < 1.29 is 5.11 Å². The second-order valence-electron chi connectivity index (χ2n) is 2.96. The monoisotopic (exact) mass is 199 g/mol. The Hall–Kier alpha value is -0.730. The molecule has 0 aromatic heterocycles. The van der Waals surface area contributed by atoms with E-state index in [1.165, 1.54) is 0 Å². The van der Waals surface area contributed by atoms with Crippen molar-refractivity contribution >= 4 is 11.6 Å². The lowest BCUT2D eigenvalue weighted by Gasteiger charge is -2.07. The molecule has 0 fully saturated rings. The summed E-state index contributed by atoms with van der Waals surface area (Å²) in [5, 5.41) is 10.3. The van der Waals surface area contributed by atoms with E-state index >= 15 is 0 Å². The number of halogens is 1. The van der Waals surface area contributed by atoms with Crippen molar-refractivity contribution in [3.8, 4) is 5.75 Å². The standard InChI is InChI=1S/C10H14ClNO/c1-2-7-6-10(13)8(3-4-12)5-9(7)11/h5-6,13H,2-4,12H2,1H3. The fraction of sp³-hybridized carbons (Fsp3) is 0.400. The number of aromatic hydroxyl groups is 1. The first-order valence-corrected chi connectivity index (χ1v) is 4.77. The molecule has 0 aliphatic heterocycles. The molecule has 0 spiro atoms. The highest BCUT2D eigenvalue weighted by Crippen LogP contribution is 2.26. The Labute approximate surface area is 83.3 Å². The Balaban J connectivity index is 3.05. The van der Waals surface area contributed by atoms with Gasteiger partial charge in [-0.1, -0.05) is 18.5 Å². The van der Waals surface area contributed by atoms with Gasteiger partial charge in [-0.3, -0.25) is 0 Å². The average molecular weight is 200 g/mol. The zero-order chi connectivity index (χ0) is 9.84. The maximum absolute atomic E-state index is 9.56. The lowest BCUT2D eigenvalue weighted by Crippen LogP contribution is -2.03. The van der Waals surface area contributed by atoms with Gasteiger partial charge in [-0.25, -0.2) is 0 Å². The Kier molecular flexibility index (Phi) is 3.58. The third-order valence-corrected chi connectivity index (χ3v) is 2.39. The van der Waals surface area contributed by atoms with Gasteiger partial charge in [0.25, 0.3) is 0 Å². The summed E-state index contributed by atoms with van der Waals surface area (Å²) in [6.07, 6.45) is 1.49. The van der Waals surface area contributed by atoms with E-state index in [2.05, 4.69) is 0 Å². The Morgan fingerprint density at radius 2 is 2.08 bits per heavy atom. The normalized spacial score (nSPS) is 10.4. The lowest BCUT2D eigenvalue weighted by atomic mass is 10.1. The zero-order valence-corrected chi connectivity index (χ0v) is 8.43. The van der Waals surface area contributed by atoms with E-state index in [9.17, 15) is 5.11 Å². The van der Waals surface area contributed by atoms with Gasteiger partial charge in [0, 0.05) is 5.02 Å².